The summed E-state index contributed by atoms with van der Waals surface area (Å²) >= 11 is 17.3. The maximum Gasteiger partial charge on any atom is 0.305 e. The zero-order valence-corrected chi connectivity index (χ0v) is 13.2. The molecule has 0 saturated heterocycles. The van der Waals surface area contributed by atoms with Gasteiger partial charge in [0, 0.05) is 13.0 Å². The number of hydrogen-bond acceptors (Lipinski definition) is 3. The van der Waals surface area contributed by atoms with Gasteiger partial charge in [-0.1, -0.05) is 23.2 Å². The monoisotopic (exact) mass is 332 g/mol. The quantitative estimate of drug-likeness (QED) is 0.654. The van der Waals surface area contributed by atoms with E-state index >= 15 is 0 Å². The molecule has 0 radical (unpaired) electrons. The molecule has 7 heteroatoms. The van der Waals surface area contributed by atoms with Crippen LogP contribution in [-0.2, 0) is 16.1 Å². The van der Waals surface area contributed by atoms with Crippen LogP contribution in [0.15, 0.2) is 12.1 Å². The zero-order chi connectivity index (χ0) is 14.7. The number of aromatic amines is 1. The summed E-state index contributed by atoms with van der Waals surface area (Å²) in [7, 11) is 0. The number of carbonyl (C=O) groups is 1. The summed E-state index contributed by atoms with van der Waals surface area (Å²) < 4.78 is 7.39. The first-order valence-electron chi connectivity index (χ1n) is 6.26. The number of halogens is 2. The molecule has 1 aromatic heterocycles. The van der Waals surface area contributed by atoms with Gasteiger partial charge in [-0.15, -0.1) is 0 Å². The van der Waals surface area contributed by atoms with E-state index in [1.165, 1.54) is 0 Å². The van der Waals surface area contributed by atoms with Crippen LogP contribution >= 0.6 is 35.4 Å². The Hall–Kier alpha value is -1.04. The lowest BCUT2D eigenvalue weighted by Crippen LogP contribution is -2.06. The van der Waals surface area contributed by atoms with Crippen molar-refractivity contribution in [3.63, 3.8) is 0 Å². The number of nitrogens with one attached hydrogen (secondary N) is 1. The lowest BCUT2D eigenvalue weighted by atomic mass is 10.3. The highest BCUT2D eigenvalue weighted by molar-refractivity contribution is 7.71. The van der Waals surface area contributed by atoms with Crippen molar-refractivity contribution >= 4 is 52.4 Å². The second kappa shape index (κ2) is 6.61. The van der Waals surface area contributed by atoms with Crippen LogP contribution in [0, 0.1) is 4.77 Å². The molecule has 1 N–H and O–H groups in total. The fourth-order valence-corrected chi connectivity index (χ4v) is 2.61. The Labute approximate surface area is 131 Å². The van der Waals surface area contributed by atoms with E-state index in [0.717, 1.165) is 11.0 Å². The van der Waals surface area contributed by atoms with Crippen LogP contribution in [0.1, 0.15) is 19.8 Å². The summed E-state index contributed by atoms with van der Waals surface area (Å²) in [4.78, 5) is 14.4. The topological polar surface area (TPSA) is 47.0 Å². The largest absolute Gasteiger partial charge is 0.466 e. The third kappa shape index (κ3) is 3.34. The van der Waals surface area contributed by atoms with Crippen LogP contribution in [0.2, 0.25) is 10.0 Å². The van der Waals surface area contributed by atoms with Gasteiger partial charge in [-0.3, -0.25) is 4.79 Å². The number of rotatable bonds is 5. The minimum Gasteiger partial charge on any atom is -0.466 e. The molecule has 0 aliphatic rings. The first-order valence-corrected chi connectivity index (χ1v) is 7.42. The smallest absolute Gasteiger partial charge is 0.305 e. The van der Waals surface area contributed by atoms with Crippen molar-refractivity contribution in [2.75, 3.05) is 6.61 Å². The summed E-state index contributed by atoms with van der Waals surface area (Å²) in [5.41, 5.74) is 1.72. The molecule has 0 saturated carbocycles. The molecule has 0 unspecified atom stereocenters. The highest BCUT2D eigenvalue weighted by Gasteiger charge is 2.09. The zero-order valence-electron chi connectivity index (χ0n) is 10.9. The lowest BCUT2D eigenvalue weighted by Gasteiger charge is -2.05. The van der Waals surface area contributed by atoms with E-state index in [0.29, 0.717) is 40.8 Å². The molecule has 2 rings (SSSR count). The maximum atomic E-state index is 11.3. The van der Waals surface area contributed by atoms with E-state index in [-0.39, 0.29) is 5.97 Å². The van der Waals surface area contributed by atoms with Crippen LogP contribution in [-0.4, -0.2) is 22.1 Å². The van der Waals surface area contributed by atoms with Crippen LogP contribution < -0.4 is 0 Å². The average Bonchev–Trinajstić information content (AvgIpc) is 2.67. The summed E-state index contributed by atoms with van der Waals surface area (Å²) in [6, 6.07) is 3.52. The van der Waals surface area contributed by atoms with E-state index in [1.807, 2.05) is 4.57 Å². The molecule has 0 atom stereocenters. The lowest BCUT2D eigenvalue weighted by molar-refractivity contribution is -0.143. The van der Waals surface area contributed by atoms with Crippen molar-refractivity contribution in [1.29, 1.82) is 0 Å². The Balaban J connectivity index is 2.18. The number of aromatic nitrogens is 2. The molecule has 1 heterocycles. The number of carbonyl (C=O) groups excluding carboxylic acids is 1. The summed E-state index contributed by atoms with van der Waals surface area (Å²) in [6.07, 6.45) is 1.02. The fourth-order valence-electron chi connectivity index (χ4n) is 1.99. The second-order valence-electron chi connectivity index (χ2n) is 4.27. The van der Waals surface area contributed by atoms with Crippen LogP contribution in [0.4, 0.5) is 0 Å². The van der Waals surface area contributed by atoms with Crippen molar-refractivity contribution in [2.45, 2.75) is 26.3 Å². The number of ether oxygens (including phenoxy) is 1. The highest BCUT2D eigenvalue weighted by Crippen LogP contribution is 2.27. The molecule has 0 fully saturated rings. The normalized spacial score (nSPS) is 10.9. The summed E-state index contributed by atoms with van der Waals surface area (Å²) in [6.45, 7) is 2.81. The molecule has 2 aromatic rings. The van der Waals surface area contributed by atoms with Crippen LogP contribution in [0.25, 0.3) is 11.0 Å². The number of H-pyrrole nitrogens is 1. The summed E-state index contributed by atoms with van der Waals surface area (Å²) in [5, 5.41) is 0.960. The number of aryl methyl sites for hydroxylation is 1. The van der Waals surface area contributed by atoms with Gasteiger partial charge >= 0.3 is 5.97 Å². The molecule has 108 valence electrons. The van der Waals surface area contributed by atoms with Crippen molar-refractivity contribution < 1.29 is 9.53 Å². The van der Waals surface area contributed by atoms with E-state index in [4.69, 9.17) is 40.2 Å². The SMILES string of the molecule is CCOC(=O)CCCn1c(=S)[nH]c2cc(Cl)c(Cl)cc21. The van der Waals surface area contributed by atoms with Gasteiger partial charge in [-0.25, -0.2) is 0 Å². The fraction of sp³-hybridized carbons (Fsp3) is 0.385. The predicted octanol–water partition coefficient (Wildman–Crippen LogP) is 4.35. The Bertz CT molecular complexity index is 693. The molecule has 0 amide bonds. The molecule has 0 bridgehead atoms. The van der Waals surface area contributed by atoms with Gasteiger partial charge < -0.3 is 14.3 Å². The number of imidazole rings is 1. The summed E-state index contributed by atoms with van der Waals surface area (Å²) in [5.74, 6) is -0.195. The Morgan fingerprint density at radius 1 is 1.40 bits per heavy atom. The average molecular weight is 333 g/mol. The van der Waals surface area contributed by atoms with Crippen molar-refractivity contribution in [3.8, 4) is 0 Å². The van der Waals surface area contributed by atoms with Crippen molar-refractivity contribution in [2.24, 2.45) is 0 Å². The number of esters is 1. The van der Waals surface area contributed by atoms with E-state index in [1.54, 1.807) is 19.1 Å². The third-order valence-electron chi connectivity index (χ3n) is 2.88. The molecule has 0 aliphatic carbocycles. The molecule has 20 heavy (non-hydrogen) atoms. The van der Waals surface area contributed by atoms with Gasteiger partial charge in [-0.05, 0) is 37.7 Å². The Morgan fingerprint density at radius 3 is 2.80 bits per heavy atom. The van der Waals surface area contributed by atoms with Gasteiger partial charge in [-0.2, -0.15) is 0 Å². The Kier molecular flexibility index (Phi) is 5.07. The molecule has 4 nitrogen and oxygen atoms in total. The number of nitrogens with zero attached hydrogens (tertiary/aromatic N) is 1. The van der Waals surface area contributed by atoms with E-state index in [9.17, 15) is 4.79 Å². The van der Waals surface area contributed by atoms with Crippen LogP contribution in [0.5, 0.6) is 0 Å². The van der Waals surface area contributed by atoms with Crippen LogP contribution in [0.3, 0.4) is 0 Å². The van der Waals surface area contributed by atoms with E-state index in [2.05, 4.69) is 4.98 Å². The van der Waals surface area contributed by atoms with E-state index < -0.39 is 0 Å². The molecule has 0 aliphatic heterocycles. The predicted molar refractivity (Wildman–Crippen MR) is 83.0 cm³/mol. The van der Waals surface area contributed by atoms with Crippen molar-refractivity contribution in [3.05, 3.63) is 26.9 Å². The van der Waals surface area contributed by atoms with Gasteiger partial charge in [0.1, 0.15) is 0 Å². The van der Waals surface area contributed by atoms with Gasteiger partial charge in [0.05, 0.1) is 27.7 Å². The van der Waals surface area contributed by atoms with Gasteiger partial charge in [0.25, 0.3) is 0 Å². The van der Waals surface area contributed by atoms with Gasteiger partial charge in [0.15, 0.2) is 4.77 Å². The minimum absolute atomic E-state index is 0.195. The van der Waals surface area contributed by atoms with Crippen molar-refractivity contribution in [1.82, 2.24) is 9.55 Å². The third-order valence-corrected chi connectivity index (χ3v) is 3.93. The molecule has 0 spiro atoms. The number of hydrogen-bond donors (Lipinski definition) is 1. The standard InChI is InChI=1S/C13H14Cl2N2O2S/c1-2-19-12(18)4-3-5-17-11-7-9(15)8(14)6-10(11)16-13(17)20/h6-7H,2-5H2,1H3,(H,16,20). The first-order chi connectivity index (χ1) is 9.52. The molecular formula is C13H14Cl2N2O2S. The molecular weight excluding hydrogens is 319 g/mol. The maximum absolute atomic E-state index is 11.3. The highest BCUT2D eigenvalue weighted by atomic mass is 35.5. The van der Waals surface area contributed by atoms with Gasteiger partial charge in [0.2, 0.25) is 0 Å². The number of fused-ring (bicyclic) bond motifs is 1. The Morgan fingerprint density at radius 2 is 2.10 bits per heavy atom. The first kappa shape index (κ1) is 15.4. The second-order valence-corrected chi connectivity index (χ2v) is 5.47. The number of benzene rings is 1. The minimum atomic E-state index is -0.195. The molecule has 1 aromatic carbocycles.